The Morgan fingerprint density at radius 3 is 2.68 bits per heavy atom. The fourth-order valence-corrected chi connectivity index (χ4v) is 7.47. The maximum Gasteiger partial charge on any atom is 0.0891 e. The molecule has 1 aromatic rings. The van der Waals surface area contributed by atoms with E-state index in [0.29, 0.717) is 44.1 Å². The second-order valence-corrected chi connectivity index (χ2v) is 12.1. The average molecular weight is 509 g/mol. The van der Waals surface area contributed by atoms with Crippen LogP contribution in [-0.4, -0.2) is 33.6 Å². The van der Waals surface area contributed by atoms with Crippen molar-refractivity contribution in [3.8, 4) is 0 Å². The molecule has 0 bridgehead atoms. The van der Waals surface area contributed by atoms with Crippen LogP contribution in [0.5, 0.6) is 0 Å². The van der Waals surface area contributed by atoms with Gasteiger partial charge in [0, 0.05) is 6.42 Å². The van der Waals surface area contributed by atoms with Crippen molar-refractivity contribution in [3.05, 3.63) is 70.8 Å². The number of aliphatic hydroxyl groups excluding tert-OH is 2. The van der Waals surface area contributed by atoms with Gasteiger partial charge in [-0.2, -0.15) is 0 Å². The first-order valence-electron chi connectivity index (χ1n) is 14.5. The van der Waals surface area contributed by atoms with E-state index in [1.165, 1.54) is 31.3 Å². The second kappa shape index (κ2) is 11.6. The summed E-state index contributed by atoms with van der Waals surface area (Å²) < 4.78 is 6.51. The van der Waals surface area contributed by atoms with Crippen LogP contribution in [0.1, 0.15) is 96.6 Å². The third-order valence-electron chi connectivity index (χ3n) is 10.0. The molecule has 3 fully saturated rings. The molecule has 3 aliphatic carbocycles. The summed E-state index contributed by atoms with van der Waals surface area (Å²) in [5.74, 6) is 1.06. The predicted molar refractivity (Wildman–Crippen MR) is 150 cm³/mol. The van der Waals surface area contributed by atoms with E-state index >= 15 is 0 Å². The molecule has 3 aliphatic rings. The predicted octanol–water partition coefficient (Wildman–Crippen LogP) is 6.74. The van der Waals surface area contributed by atoms with Crippen molar-refractivity contribution in [2.75, 3.05) is 0 Å². The van der Waals surface area contributed by atoms with E-state index in [1.807, 2.05) is 26.0 Å². The van der Waals surface area contributed by atoms with Crippen molar-refractivity contribution in [2.24, 2.45) is 17.3 Å². The lowest BCUT2D eigenvalue weighted by atomic mass is 9.62. The average Bonchev–Trinajstić information content (AvgIpc) is 3.25. The molecule has 0 saturated heterocycles. The fraction of sp³-hybridized carbons (Fsp3) is 0.636. The molecule has 1 aromatic carbocycles. The van der Waals surface area contributed by atoms with Gasteiger partial charge in [-0.15, -0.1) is 0 Å². The zero-order valence-corrected chi connectivity index (χ0v) is 23.4. The second-order valence-electron chi connectivity index (χ2n) is 12.1. The van der Waals surface area contributed by atoms with Crippen molar-refractivity contribution in [1.29, 1.82) is 0 Å². The number of benzene rings is 1. The van der Waals surface area contributed by atoms with Gasteiger partial charge in [-0.1, -0.05) is 69.3 Å². The minimum atomic E-state index is -0.770. The zero-order chi connectivity index (χ0) is 26.8. The molecular weight excluding hydrogens is 460 g/mol. The molecule has 6 atom stereocenters. The molecule has 0 aliphatic heterocycles. The smallest absolute Gasteiger partial charge is 0.0891 e. The summed E-state index contributed by atoms with van der Waals surface area (Å²) in [6, 6.07) is 8.27. The normalized spacial score (nSPS) is 33.6. The molecule has 37 heavy (non-hydrogen) atoms. The van der Waals surface area contributed by atoms with Gasteiger partial charge in [0.15, 0.2) is 0 Å². The van der Waals surface area contributed by atoms with Gasteiger partial charge in [-0.25, -0.2) is 0 Å². The summed E-state index contributed by atoms with van der Waals surface area (Å²) in [5.41, 5.74) is 4.80. The van der Waals surface area contributed by atoms with Crippen molar-refractivity contribution >= 4 is 0 Å². The Hall–Kier alpha value is -1.72. The first-order chi connectivity index (χ1) is 17.6. The summed E-state index contributed by atoms with van der Waals surface area (Å²) in [4.78, 5) is 0. The molecule has 4 rings (SSSR count). The van der Waals surface area contributed by atoms with Crippen LogP contribution in [-0.2, 0) is 16.9 Å². The van der Waals surface area contributed by atoms with E-state index in [9.17, 15) is 15.3 Å². The number of ether oxygens (including phenoxy) is 1. The molecule has 0 unspecified atom stereocenters. The summed E-state index contributed by atoms with van der Waals surface area (Å²) in [7, 11) is 0. The lowest BCUT2D eigenvalue weighted by molar-refractivity contribution is -0.0333. The molecule has 0 amide bonds. The Balaban J connectivity index is 1.44. The summed E-state index contributed by atoms with van der Waals surface area (Å²) in [5, 5.41) is 31.3. The van der Waals surface area contributed by atoms with Gasteiger partial charge in [0.25, 0.3) is 0 Å². The SMILES string of the molecule is C=C1/C(=C\C=C2/CCC[C@]3(C)[C@@H]([C@@H](C)OCc4cccc(C(O)(CC)CC)c4)CC[C@@H]23)C[C@@H](O)C[C@@H]1O. The molecule has 3 N–H and O–H groups in total. The topological polar surface area (TPSA) is 69.9 Å². The number of hydrogen-bond acceptors (Lipinski definition) is 4. The number of rotatable bonds is 8. The van der Waals surface area contributed by atoms with Gasteiger partial charge in [0.1, 0.15) is 0 Å². The van der Waals surface area contributed by atoms with Crippen LogP contribution in [0.2, 0.25) is 0 Å². The minimum Gasteiger partial charge on any atom is -0.393 e. The fourth-order valence-electron chi connectivity index (χ4n) is 7.47. The number of allylic oxidation sites excluding steroid dienone is 3. The van der Waals surface area contributed by atoms with E-state index in [4.69, 9.17) is 4.74 Å². The van der Waals surface area contributed by atoms with E-state index in [1.54, 1.807) is 0 Å². The van der Waals surface area contributed by atoms with Crippen molar-refractivity contribution in [2.45, 2.75) is 116 Å². The molecule has 4 nitrogen and oxygen atoms in total. The van der Waals surface area contributed by atoms with E-state index in [-0.39, 0.29) is 11.5 Å². The van der Waals surface area contributed by atoms with Crippen molar-refractivity contribution in [1.82, 2.24) is 0 Å². The van der Waals surface area contributed by atoms with Crippen molar-refractivity contribution in [3.63, 3.8) is 0 Å². The largest absolute Gasteiger partial charge is 0.393 e. The van der Waals surface area contributed by atoms with Crippen LogP contribution in [0.4, 0.5) is 0 Å². The van der Waals surface area contributed by atoms with Crippen LogP contribution in [0, 0.1) is 17.3 Å². The third-order valence-corrected chi connectivity index (χ3v) is 10.0. The van der Waals surface area contributed by atoms with Crippen LogP contribution in [0.25, 0.3) is 0 Å². The Kier molecular flexibility index (Phi) is 8.85. The molecule has 4 heteroatoms. The molecule has 0 heterocycles. The van der Waals surface area contributed by atoms with Crippen LogP contribution in [0.15, 0.2) is 59.7 Å². The molecule has 204 valence electrons. The third kappa shape index (κ3) is 5.83. The first kappa shape index (κ1) is 28.3. The molecule has 0 radical (unpaired) electrons. The highest BCUT2D eigenvalue weighted by Crippen LogP contribution is 2.58. The van der Waals surface area contributed by atoms with Crippen LogP contribution in [0.3, 0.4) is 0 Å². The summed E-state index contributed by atoms with van der Waals surface area (Å²) in [6.45, 7) is 13.4. The number of fused-ring (bicyclic) bond motifs is 1. The first-order valence-corrected chi connectivity index (χ1v) is 14.5. The lowest BCUT2D eigenvalue weighted by Crippen LogP contribution is -2.38. The van der Waals surface area contributed by atoms with Gasteiger partial charge < -0.3 is 20.1 Å². The van der Waals surface area contributed by atoms with Crippen LogP contribution >= 0.6 is 0 Å². The van der Waals surface area contributed by atoms with E-state index in [2.05, 4.69) is 44.7 Å². The summed E-state index contributed by atoms with van der Waals surface area (Å²) >= 11 is 0. The Bertz CT molecular complexity index is 1020. The molecule has 0 aromatic heterocycles. The Morgan fingerprint density at radius 2 is 1.95 bits per heavy atom. The van der Waals surface area contributed by atoms with Crippen LogP contribution < -0.4 is 0 Å². The highest BCUT2D eigenvalue weighted by atomic mass is 16.5. The van der Waals surface area contributed by atoms with Crippen molar-refractivity contribution < 1.29 is 20.1 Å². The Morgan fingerprint density at radius 1 is 1.19 bits per heavy atom. The van der Waals surface area contributed by atoms with Gasteiger partial charge in [-0.05, 0) is 97.8 Å². The molecule has 0 spiro atoms. The standard InChI is InChI=1S/C33H48O4/c1-6-33(36,7-2)27-12-8-10-24(18-27)21-37-23(4)29-15-16-30-25(11-9-17-32(29,30)5)13-14-26-19-28(34)20-31(35)22(26)3/h8,10,12-14,18,23,28-31,34-36H,3,6-7,9,11,15-17,19-21H2,1-2,4-5H3/b25-13+,26-14-/t23-,28-,29-,30+,31+,32-/m1/s1. The summed E-state index contributed by atoms with van der Waals surface area (Å²) in [6.07, 6.45) is 11.7. The molecular formula is C33H48O4. The highest BCUT2D eigenvalue weighted by Gasteiger charge is 2.51. The Labute approximate surface area is 224 Å². The maximum absolute atomic E-state index is 11.0. The molecule has 3 saturated carbocycles. The number of hydrogen-bond donors (Lipinski definition) is 3. The highest BCUT2D eigenvalue weighted by molar-refractivity contribution is 5.38. The van der Waals surface area contributed by atoms with E-state index < -0.39 is 17.8 Å². The maximum atomic E-state index is 11.0. The lowest BCUT2D eigenvalue weighted by Gasteiger charge is -2.44. The van der Waals surface area contributed by atoms with Gasteiger partial charge in [0.05, 0.1) is 30.5 Å². The van der Waals surface area contributed by atoms with Gasteiger partial charge in [0.2, 0.25) is 0 Å². The van der Waals surface area contributed by atoms with Gasteiger partial charge in [-0.3, -0.25) is 0 Å². The minimum absolute atomic E-state index is 0.163. The monoisotopic (exact) mass is 508 g/mol. The van der Waals surface area contributed by atoms with E-state index in [0.717, 1.165) is 28.7 Å². The number of aliphatic hydroxyl groups is 3. The quantitative estimate of drug-likeness (QED) is 0.364. The zero-order valence-electron chi connectivity index (χ0n) is 23.4. The van der Waals surface area contributed by atoms with Gasteiger partial charge >= 0.3 is 0 Å².